The van der Waals surface area contributed by atoms with E-state index in [2.05, 4.69) is 33.7 Å². The van der Waals surface area contributed by atoms with Crippen molar-refractivity contribution in [3.05, 3.63) is 16.7 Å². The molecule has 1 aromatic heterocycles. The fourth-order valence-corrected chi connectivity index (χ4v) is 2.22. The number of nitrogens with zero attached hydrogens (tertiary/aromatic N) is 3. The van der Waals surface area contributed by atoms with Crippen LogP contribution in [0.3, 0.4) is 0 Å². The van der Waals surface area contributed by atoms with E-state index in [4.69, 9.17) is 4.74 Å². The van der Waals surface area contributed by atoms with Crippen molar-refractivity contribution in [1.29, 1.82) is 0 Å². The lowest BCUT2D eigenvalue weighted by Gasteiger charge is -2.39. The maximum atomic E-state index is 11.6. The van der Waals surface area contributed by atoms with Gasteiger partial charge in [-0.2, -0.15) is 0 Å². The third-order valence-electron chi connectivity index (χ3n) is 3.10. The topological polar surface area (TPSA) is 61.5 Å². The first-order valence-electron chi connectivity index (χ1n) is 5.70. The van der Waals surface area contributed by atoms with Gasteiger partial charge in [0.15, 0.2) is 5.82 Å². The highest BCUT2D eigenvalue weighted by molar-refractivity contribution is 5.51. The van der Waals surface area contributed by atoms with Gasteiger partial charge in [-0.05, 0) is 14.0 Å². The van der Waals surface area contributed by atoms with Crippen LogP contribution in [0.4, 0.5) is 5.82 Å². The zero-order chi connectivity index (χ0) is 12.4. The first-order chi connectivity index (χ1) is 8.13. The van der Waals surface area contributed by atoms with Gasteiger partial charge in [-0.3, -0.25) is 4.79 Å². The van der Waals surface area contributed by atoms with Crippen LogP contribution < -0.4 is 15.2 Å². The molecule has 2 rings (SSSR count). The number of rotatable bonds is 2. The van der Waals surface area contributed by atoms with E-state index in [9.17, 15) is 4.79 Å². The van der Waals surface area contributed by atoms with Gasteiger partial charge >= 0.3 is 0 Å². The van der Waals surface area contributed by atoms with E-state index in [-0.39, 0.29) is 5.56 Å². The van der Waals surface area contributed by atoms with Crippen molar-refractivity contribution >= 4 is 5.82 Å². The monoisotopic (exact) mass is 238 g/mol. The number of nitrogens with one attached hydrogen (secondary N) is 1. The van der Waals surface area contributed by atoms with Crippen LogP contribution in [0.2, 0.25) is 0 Å². The number of aromatic nitrogens is 2. The number of piperazine rings is 1. The fourth-order valence-electron chi connectivity index (χ4n) is 2.22. The third-order valence-corrected chi connectivity index (χ3v) is 3.10. The molecular weight excluding hydrogens is 220 g/mol. The maximum Gasteiger partial charge on any atom is 0.295 e. The lowest BCUT2D eigenvalue weighted by Crippen LogP contribution is -2.51. The van der Waals surface area contributed by atoms with E-state index in [0.717, 1.165) is 19.6 Å². The molecule has 94 valence electrons. The quantitative estimate of drug-likeness (QED) is 0.781. The highest BCUT2D eigenvalue weighted by Crippen LogP contribution is 2.24. The molecule has 1 atom stereocenters. The SMILES string of the molecule is COc1c(N2CCN(C)CC2C)nc[nH]c1=O. The number of ether oxygens (including phenoxy) is 1. The van der Waals surface area contributed by atoms with Crippen LogP contribution in [-0.2, 0) is 0 Å². The Balaban J connectivity index is 2.34. The molecule has 1 N–H and O–H groups in total. The second kappa shape index (κ2) is 4.75. The first kappa shape index (κ1) is 11.9. The number of methoxy groups -OCH3 is 1. The second-order valence-electron chi connectivity index (χ2n) is 4.39. The van der Waals surface area contributed by atoms with Crippen LogP contribution in [0.5, 0.6) is 5.75 Å². The summed E-state index contributed by atoms with van der Waals surface area (Å²) in [4.78, 5) is 22.8. The van der Waals surface area contributed by atoms with Gasteiger partial charge < -0.3 is 19.5 Å². The van der Waals surface area contributed by atoms with Crippen LogP contribution in [0.25, 0.3) is 0 Å². The number of aromatic amines is 1. The van der Waals surface area contributed by atoms with E-state index in [1.54, 1.807) is 0 Å². The lowest BCUT2D eigenvalue weighted by molar-refractivity contribution is 0.272. The Labute approximate surface area is 100 Å². The number of H-pyrrole nitrogens is 1. The summed E-state index contributed by atoms with van der Waals surface area (Å²) in [5.41, 5.74) is -0.233. The van der Waals surface area contributed by atoms with Crippen LogP contribution in [0, 0.1) is 0 Å². The summed E-state index contributed by atoms with van der Waals surface area (Å²) in [6, 6.07) is 0.317. The molecular formula is C11H18N4O2. The molecule has 1 unspecified atom stereocenters. The van der Waals surface area contributed by atoms with Crippen LogP contribution in [-0.4, -0.2) is 54.7 Å². The number of hydrogen-bond donors (Lipinski definition) is 1. The van der Waals surface area contributed by atoms with Crippen LogP contribution in [0.1, 0.15) is 6.92 Å². The average Bonchev–Trinajstić information content (AvgIpc) is 2.29. The van der Waals surface area contributed by atoms with E-state index >= 15 is 0 Å². The smallest absolute Gasteiger partial charge is 0.295 e. The summed E-state index contributed by atoms with van der Waals surface area (Å²) >= 11 is 0. The molecule has 1 aromatic rings. The van der Waals surface area contributed by atoms with Crippen LogP contribution >= 0.6 is 0 Å². The second-order valence-corrected chi connectivity index (χ2v) is 4.39. The Kier molecular flexibility index (Phi) is 3.33. The molecule has 2 heterocycles. The van der Waals surface area contributed by atoms with Crippen molar-refractivity contribution in [3.8, 4) is 5.75 Å². The molecule has 6 nitrogen and oxygen atoms in total. The molecule has 1 aliphatic heterocycles. The minimum atomic E-state index is -0.233. The zero-order valence-corrected chi connectivity index (χ0v) is 10.4. The third kappa shape index (κ3) is 2.26. The number of anilines is 1. The molecule has 6 heteroatoms. The van der Waals surface area contributed by atoms with Gasteiger partial charge in [0.05, 0.1) is 13.4 Å². The molecule has 1 fully saturated rings. The van der Waals surface area contributed by atoms with Crippen molar-refractivity contribution in [2.75, 3.05) is 38.7 Å². The Morgan fingerprint density at radius 1 is 1.53 bits per heavy atom. The van der Waals surface area contributed by atoms with Crippen molar-refractivity contribution in [2.45, 2.75) is 13.0 Å². The summed E-state index contributed by atoms with van der Waals surface area (Å²) in [5, 5.41) is 0. The normalized spacial score (nSPS) is 21.6. The molecule has 0 bridgehead atoms. The molecule has 0 aliphatic carbocycles. The van der Waals surface area contributed by atoms with Gasteiger partial charge in [0, 0.05) is 25.7 Å². The zero-order valence-electron chi connectivity index (χ0n) is 10.4. The van der Waals surface area contributed by atoms with Gasteiger partial charge in [0.2, 0.25) is 5.75 Å². The Morgan fingerprint density at radius 3 is 2.94 bits per heavy atom. The number of hydrogen-bond acceptors (Lipinski definition) is 5. The summed E-state index contributed by atoms with van der Waals surface area (Å²) < 4.78 is 5.14. The van der Waals surface area contributed by atoms with E-state index in [1.807, 2.05) is 0 Å². The van der Waals surface area contributed by atoms with Crippen molar-refractivity contribution < 1.29 is 4.74 Å². The molecule has 0 spiro atoms. The Morgan fingerprint density at radius 2 is 2.29 bits per heavy atom. The predicted molar refractivity (Wildman–Crippen MR) is 65.7 cm³/mol. The summed E-state index contributed by atoms with van der Waals surface area (Å²) in [6.45, 7) is 4.89. The number of likely N-dealkylation sites (N-methyl/N-ethyl adjacent to an activating group) is 1. The van der Waals surface area contributed by atoms with Gasteiger partial charge in [0.25, 0.3) is 5.56 Å². The lowest BCUT2D eigenvalue weighted by atomic mass is 10.2. The largest absolute Gasteiger partial charge is 0.489 e. The van der Waals surface area contributed by atoms with E-state index in [0.29, 0.717) is 17.6 Å². The van der Waals surface area contributed by atoms with Crippen LogP contribution in [0.15, 0.2) is 11.1 Å². The van der Waals surface area contributed by atoms with E-state index in [1.165, 1.54) is 13.4 Å². The summed E-state index contributed by atoms with van der Waals surface area (Å²) in [5.74, 6) is 0.931. The predicted octanol–water partition coefficient (Wildman–Crippen LogP) is -0.0812. The Hall–Kier alpha value is -1.56. The molecule has 0 radical (unpaired) electrons. The molecule has 0 aromatic carbocycles. The van der Waals surface area contributed by atoms with E-state index < -0.39 is 0 Å². The van der Waals surface area contributed by atoms with Crippen molar-refractivity contribution in [3.63, 3.8) is 0 Å². The maximum absolute atomic E-state index is 11.6. The molecule has 17 heavy (non-hydrogen) atoms. The summed E-state index contributed by atoms with van der Waals surface area (Å²) in [7, 11) is 3.59. The van der Waals surface area contributed by atoms with Gasteiger partial charge in [-0.15, -0.1) is 0 Å². The first-order valence-corrected chi connectivity index (χ1v) is 5.70. The summed E-state index contributed by atoms with van der Waals surface area (Å²) in [6.07, 6.45) is 1.42. The van der Waals surface area contributed by atoms with Gasteiger partial charge in [-0.1, -0.05) is 0 Å². The average molecular weight is 238 g/mol. The molecule has 0 amide bonds. The molecule has 1 aliphatic rings. The van der Waals surface area contributed by atoms with Crippen molar-refractivity contribution in [2.24, 2.45) is 0 Å². The highest BCUT2D eigenvalue weighted by atomic mass is 16.5. The van der Waals surface area contributed by atoms with Crippen molar-refractivity contribution in [1.82, 2.24) is 14.9 Å². The minimum absolute atomic E-state index is 0.233. The highest BCUT2D eigenvalue weighted by Gasteiger charge is 2.26. The Bertz CT molecular complexity index is 445. The van der Waals surface area contributed by atoms with Gasteiger partial charge in [-0.25, -0.2) is 4.98 Å². The standard InChI is InChI=1S/C11H18N4O2/c1-8-6-14(2)4-5-15(8)10-9(17-3)11(16)13-7-12-10/h7-8H,4-6H2,1-3H3,(H,12,13,16). The minimum Gasteiger partial charge on any atom is -0.489 e. The fraction of sp³-hybridized carbons (Fsp3) is 0.636. The van der Waals surface area contributed by atoms with Gasteiger partial charge in [0.1, 0.15) is 0 Å². The molecule has 1 saturated heterocycles. The molecule has 0 saturated carbocycles.